The van der Waals surface area contributed by atoms with E-state index in [1.54, 1.807) is 11.6 Å². The molecule has 0 amide bonds. The minimum absolute atomic E-state index is 0.329. The Bertz CT molecular complexity index is 620. The molecule has 0 aliphatic rings. The van der Waals surface area contributed by atoms with Crippen LogP contribution in [0.1, 0.15) is 24.5 Å². The Morgan fingerprint density at radius 2 is 2.19 bits per heavy atom. The van der Waals surface area contributed by atoms with Crippen LogP contribution in [-0.2, 0) is 0 Å². The number of aliphatic hydroxyl groups excluding tert-OH is 1. The first-order valence-electron chi connectivity index (χ1n) is 6.52. The second-order valence-electron chi connectivity index (χ2n) is 4.33. The Labute approximate surface area is 127 Å². The third-order valence-corrected chi connectivity index (χ3v) is 3.59. The summed E-state index contributed by atoms with van der Waals surface area (Å²) < 4.78 is 18.6. The quantitative estimate of drug-likeness (QED) is 0.641. The predicted molar refractivity (Wildman–Crippen MR) is 81.6 cm³/mol. The molecule has 1 atom stereocenters. The topological polar surface area (TPSA) is 42.4 Å². The molecule has 1 aromatic heterocycles. The van der Waals surface area contributed by atoms with Crippen molar-refractivity contribution in [3.05, 3.63) is 70.7 Å². The SMILES string of the molecule is C=C(/C(=C/CC)Oc1ccc(F)cc1)C(O)c1nccs1. The molecule has 0 spiro atoms. The van der Waals surface area contributed by atoms with Gasteiger partial charge in [0.25, 0.3) is 0 Å². The van der Waals surface area contributed by atoms with E-state index in [0.717, 1.165) is 6.42 Å². The number of thiazole rings is 1. The molecule has 1 heterocycles. The molecule has 0 bridgehead atoms. The first-order valence-corrected chi connectivity index (χ1v) is 7.40. The molecule has 0 saturated heterocycles. The van der Waals surface area contributed by atoms with E-state index >= 15 is 0 Å². The molecule has 3 nitrogen and oxygen atoms in total. The van der Waals surface area contributed by atoms with Crippen LogP contribution in [0.5, 0.6) is 5.75 Å². The average molecular weight is 305 g/mol. The number of hydrogen-bond donors (Lipinski definition) is 1. The molecule has 0 saturated carbocycles. The summed E-state index contributed by atoms with van der Waals surface area (Å²) in [6.45, 7) is 5.85. The van der Waals surface area contributed by atoms with Crippen molar-refractivity contribution in [2.75, 3.05) is 0 Å². The number of rotatable bonds is 6. The Hall–Kier alpha value is -1.98. The van der Waals surface area contributed by atoms with Gasteiger partial charge in [-0.2, -0.15) is 0 Å². The number of halogens is 1. The lowest BCUT2D eigenvalue weighted by Crippen LogP contribution is -2.07. The fourth-order valence-corrected chi connectivity index (χ4v) is 2.36. The van der Waals surface area contributed by atoms with Gasteiger partial charge in [-0.1, -0.05) is 13.5 Å². The summed E-state index contributed by atoms with van der Waals surface area (Å²) in [5, 5.41) is 12.6. The smallest absolute Gasteiger partial charge is 0.133 e. The molecular formula is C16H16FNO2S. The highest BCUT2D eigenvalue weighted by Crippen LogP contribution is 2.29. The molecule has 5 heteroatoms. The van der Waals surface area contributed by atoms with Crippen LogP contribution in [0.2, 0.25) is 0 Å². The van der Waals surface area contributed by atoms with Gasteiger partial charge < -0.3 is 9.84 Å². The number of nitrogens with zero attached hydrogens (tertiary/aromatic N) is 1. The lowest BCUT2D eigenvalue weighted by molar-refractivity contribution is 0.209. The minimum atomic E-state index is -0.914. The number of aliphatic hydroxyl groups is 1. The van der Waals surface area contributed by atoms with Crippen LogP contribution in [0, 0.1) is 5.82 Å². The van der Waals surface area contributed by atoms with Crippen LogP contribution in [0.3, 0.4) is 0 Å². The Morgan fingerprint density at radius 1 is 1.48 bits per heavy atom. The average Bonchev–Trinajstić information content (AvgIpc) is 3.02. The monoisotopic (exact) mass is 305 g/mol. The highest BCUT2D eigenvalue weighted by Gasteiger charge is 2.19. The number of allylic oxidation sites excluding steroid dienone is 1. The zero-order chi connectivity index (χ0) is 15.2. The van der Waals surface area contributed by atoms with Gasteiger partial charge in [0.1, 0.15) is 28.4 Å². The van der Waals surface area contributed by atoms with Crippen LogP contribution in [-0.4, -0.2) is 10.1 Å². The van der Waals surface area contributed by atoms with E-state index in [1.807, 2.05) is 13.0 Å². The van der Waals surface area contributed by atoms with Crippen molar-refractivity contribution in [2.45, 2.75) is 19.4 Å². The zero-order valence-electron chi connectivity index (χ0n) is 11.6. The van der Waals surface area contributed by atoms with E-state index < -0.39 is 6.10 Å². The van der Waals surface area contributed by atoms with Crippen molar-refractivity contribution in [1.29, 1.82) is 0 Å². The van der Waals surface area contributed by atoms with E-state index in [9.17, 15) is 9.50 Å². The standard InChI is InChI=1S/C16H16FNO2S/c1-3-4-14(20-13-7-5-12(17)6-8-13)11(2)15(19)16-18-9-10-21-16/h4-10,15,19H,2-3H2,1H3/b14-4-. The van der Waals surface area contributed by atoms with Crippen molar-refractivity contribution in [3.63, 3.8) is 0 Å². The van der Waals surface area contributed by atoms with Crippen molar-refractivity contribution < 1.29 is 14.2 Å². The van der Waals surface area contributed by atoms with Gasteiger partial charge in [-0.3, -0.25) is 0 Å². The van der Waals surface area contributed by atoms with E-state index in [2.05, 4.69) is 11.6 Å². The molecule has 21 heavy (non-hydrogen) atoms. The van der Waals surface area contributed by atoms with Crippen LogP contribution in [0.4, 0.5) is 4.39 Å². The maximum atomic E-state index is 12.9. The fraction of sp³-hybridized carbons (Fsp3) is 0.188. The van der Waals surface area contributed by atoms with Gasteiger partial charge in [0.05, 0.1) is 0 Å². The Balaban J connectivity index is 2.17. The van der Waals surface area contributed by atoms with Gasteiger partial charge in [-0.25, -0.2) is 9.37 Å². The molecule has 1 aromatic carbocycles. The summed E-state index contributed by atoms with van der Waals surface area (Å²) in [5.41, 5.74) is 0.427. The highest BCUT2D eigenvalue weighted by atomic mass is 32.1. The van der Waals surface area contributed by atoms with Crippen LogP contribution < -0.4 is 4.74 Å². The summed E-state index contributed by atoms with van der Waals surface area (Å²) in [6.07, 6.45) is 3.26. The first-order chi connectivity index (χ1) is 10.1. The summed E-state index contributed by atoms with van der Waals surface area (Å²) in [4.78, 5) is 4.07. The second kappa shape index (κ2) is 7.15. The summed E-state index contributed by atoms with van der Waals surface area (Å²) in [7, 11) is 0. The van der Waals surface area contributed by atoms with Crippen molar-refractivity contribution in [3.8, 4) is 5.75 Å². The van der Waals surface area contributed by atoms with Crippen molar-refractivity contribution in [1.82, 2.24) is 4.98 Å². The predicted octanol–water partition coefficient (Wildman–Crippen LogP) is 4.24. The van der Waals surface area contributed by atoms with Gasteiger partial charge in [-0.05, 0) is 36.8 Å². The second-order valence-corrected chi connectivity index (χ2v) is 5.26. The first kappa shape index (κ1) is 15.4. The van der Waals surface area contributed by atoms with Gasteiger partial charge in [0.15, 0.2) is 0 Å². The third kappa shape index (κ3) is 4.00. The lowest BCUT2D eigenvalue weighted by atomic mass is 10.1. The Kier molecular flexibility index (Phi) is 5.25. The molecule has 0 fully saturated rings. The normalized spacial score (nSPS) is 13.0. The fourth-order valence-electron chi connectivity index (χ4n) is 1.71. The van der Waals surface area contributed by atoms with Crippen LogP contribution in [0.15, 0.2) is 59.8 Å². The Morgan fingerprint density at radius 3 is 2.76 bits per heavy atom. The van der Waals surface area contributed by atoms with Gasteiger partial charge in [0, 0.05) is 17.2 Å². The van der Waals surface area contributed by atoms with E-state index in [-0.39, 0.29) is 5.82 Å². The summed E-state index contributed by atoms with van der Waals surface area (Å²) >= 11 is 1.35. The third-order valence-electron chi connectivity index (χ3n) is 2.76. The van der Waals surface area contributed by atoms with Crippen molar-refractivity contribution in [2.24, 2.45) is 0 Å². The summed E-state index contributed by atoms with van der Waals surface area (Å²) in [5.74, 6) is 0.625. The molecule has 0 aliphatic heterocycles. The molecule has 2 aromatic rings. The van der Waals surface area contributed by atoms with Crippen LogP contribution in [0.25, 0.3) is 0 Å². The summed E-state index contributed by atoms with van der Waals surface area (Å²) in [6, 6.07) is 5.70. The molecule has 1 N–H and O–H groups in total. The number of hydrogen-bond acceptors (Lipinski definition) is 4. The van der Waals surface area contributed by atoms with Crippen molar-refractivity contribution >= 4 is 11.3 Å². The number of benzene rings is 1. The van der Waals surface area contributed by atoms with E-state index in [1.165, 1.54) is 35.6 Å². The molecule has 2 rings (SSSR count). The highest BCUT2D eigenvalue weighted by molar-refractivity contribution is 7.09. The van der Waals surface area contributed by atoms with Gasteiger partial charge >= 0.3 is 0 Å². The minimum Gasteiger partial charge on any atom is -0.457 e. The van der Waals surface area contributed by atoms with E-state index in [0.29, 0.717) is 22.1 Å². The maximum Gasteiger partial charge on any atom is 0.133 e. The zero-order valence-corrected chi connectivity index (χ0v) is 12.4. The van der Waals surface area contributed by atoms with E-state index in [4.69, 9.17) is 4.74 Å². The molecule has 1 unspecified atom stereocenters. The molecule has 0 aliphatic carbocycles. The molecule has 0 radical (unpaired) electrons. The molecule has 110 valence electrons. The lowest BCUT2D eigenvalue weighted by Gasteiger charge is -2.16. The number of ether oxygens (including phenoxy) is 1. The van der Waals surface area contributed by atoms with Gasteiger partial charge in [-0.15, -0.1) is 11.3 Å². The largest absolute Gasteiger partial charge is 0.457 e. The number of aromatic nitrogens is 1. The maximum absolute atomic E-state index is 12.9. The molecular weight excluding hydrogens is 289 g/mol. The van der Waals surface area contributed by atoms with Gasteiger partial charge in [0.2, 0.25) is 0 Å². The van der Waals surface area contributed by atoms with Crippen LogP contribution >= 0.6 is 11.3 Å².